The number of aliphatic hydroxyl groups excluding tert-OH is 1. The molecule has 2 heterocycles. The number of aromatic nitrogens is 1. The Morgan fingerprint density at radius 1 is 1.03 bits per heavy atom. The van der Waals surface area contributed by atoms with E-state index in [4.69, 9.17) is 0 Å². The van der Waals surface area contributed by atoms with E-state index in [1.54, 1.807) is 6.20 Å². The van der Waals surface area contributed by atoms with Gasteiger partial charge in [-0.3, -0.25) is 9.52 Å². The van der Waals surface area contributed by atoms with Crippen molar-refractivity contribution in [3.05, 3.63) is 83.8 Å². The van der Waals surface area contributed by atoms with Gasteiger partial charge in [0.1, 0.15) is 11.6 Å². The summed E-state index contributed by atoms with van der Waals surface area (Å²) in [6.07, 6.45) is 3.61. The van der Waals surface area contributed by atoms with Gasteiger partial charge in [-0.25, -0.2) is 17.8 Å². The normalized spacial score (nSPS) is 14.5. The molecule has 4 rings (SSSR count). The van der Waals surface area contributed by atoms with Gasteiger partial charge >= 0.3 is 0 Å². The molecule has 1 fully saturated rings. The number of halogens is 1. The second kappa shape index (κ2) is 10.8. The maximum atomic E-state index is 13.0. The second-order valence-corrected chi connectivity index (χ2v) is 10.1. The van der Waals surface area contributed by atoms with Gasteiger partial charge < -0.3 is 15.3 Å². The number of aliphatic hydroxyl groups is 1. The number of benzene rings is 2. The van der Waals surface area contributed by atoms with Crippen molar-refractivity contribution in [2.45, 2.75) is 24.3 Å². The van der Waals surface area contributed by atoms with E-state index < -0.39 is 15.8 Å². The monoisotopic (exact) mass is 498 g/mol. The molecule has 1 saturated heterocycles. The summed E-state index contributed by atoms with van der Waals surface area (Å²) in [7, 11) is -3.87. The SMILES string of the molecule is O=C(NCc1ccc(N2CCC(CO)CC2)nc1)c1ccc(S(=O)(=O)Nc2ccc(F)cc2)cc1. The number of carbonyl (C=O) groups excluding carboxylic acids is 1. The Bertz CT molecular complexity index is 1240. The van der Waals surface area contributed by atoms with Crippen LogP contribution in [0.25, 0.3) is 0 Å². The maximum Gasteiger partial charge on any atom is 0.261 e. The zero-order valence-corrected chi connectivity index (χ0v) is 19.8. The lowest BCUT2D eigenvalue weighted by Gasteiger charge is -2.32. The molecule has 35 heavy (non-hydrogen) atoms. The van der Waals surface area contributed by atoms with E-state index in [9.17, 15) is 22.7 Å². The Balaban J connectivity index is 1.31. The smallest absolute Gasteiger partial charge is 0.261 e. The summed E-state index contributed by atoms with van der Waals surface area (Å²) in [6, 6.07) is 14.4. The number of sulfonamides is 1. The van der Waals surface area contributed by atoms with Crippen LogP contribution in [-0.2, 0) is 16.6 Å². The predicted octanol–water partition coefficient (Wildman–Crippen LogP) is 3.16. The fraction of sp³-hybridized carbons (Fsp3) is 0.280. The van der Waals surface area contributed by atoms with Gasteiger partial charge in [0.25, 0.3) is 15.9 Å². The Morgan fingerprint density at radius 2 is 1.71 bits per heavy atom. The fourth-order valence-corrected chi connectivity index (χ4v) is 4.91. The first-order valence-electron chi connectivity index (χ1n) is 11.3. The number of piperidine rings is 1. The summed E-state index contributed by atoms with van der Waals surface area (Å²) in [4.78, 5) is 19.2. The number of nitrogens with one attached hydrogen (secondary N) is 2. The highest BCUT2D eigenvalue weighted by atomic mass is 32.2. The van der Waals surface area contributed by atoms with Gasteiger partial charge in [-0.05, 0) is 78.9 Å². The summed E-state index contributed by atoms with van der Waals surface area (Å²) in [6.45, 7) is 2.23. The van der Waals surface area contributed by atoms with E-state index in [1.165, 1.54) is 36.4 Å². The minimum Gasteiger partial charge on any atom is -0.396 e. The molecule has 1 aliphatic heterocycles. The van der Waals surface area contributed by atoms with Crippen LogP contribution in [0.3, 0.4) is 0 Å². The molecule has 1 aliphatic rings. The topological polar surface area (TPSA) is 112 Å². The molecule has 0 bridgehead atoms. The second-order valence-electron chi connectivity index (χ2n) is 8.46. The van der Waals surface area contributed by atoms with Crippen LogP contribution in [0, 0.1) is 11.7 Å². The number of anilines is 2. The Labute approximate surface area is 203 Å². The van der Waals surface area contributed by atoms with E-state index in [1.807, 2.05) is 12.1 Å². The third-order valence-corrected chi connectivity index (χ3v) is 7.38. The lowest BCUT2D eigenvalue weighted by atomic mass is 9.98. The zero-order chi connectivity index (χ0) is 24.8. The van der Waals surface area contributed by atoms with Crippen molar-refractivity contribution >= 4 is 27.4 Å². The number of rotatable bonds is 8. The van der Waals surface area contributed by atoms with Gasteiger partial charge in [0.15, 0.2) is 0 Å². The van der Waals surface area contributed by atoms with Crippen molar-refractivity contribution in [2.24, 2.45) is 5.92 Å². The lowest BCUT2D eigenvalue weighted by molar-refractivity contribution is 0.0950. The molecule has 184 valence electrons. The summed E-state index contributed by atoms with van der Waals surface area (Å²) < 4.78 is 40.4. The molecule has 1 amide bonds. The Morgan fingerprint density at radius 3 is 2.31 bits per heavy atom. The van der Waals surface area contributed by atoms with E-state index in [-0.39, 0.29) is 29.6 Å². The quantitative estimate of drug-likeness (QED) is 0.440. The molecule has 3 aromatic rings. The number of hydrogen-bond donors (Lipinski definition) is 3. The third kappa shape index (κ3) is 6.34. The highest BCUT2D eigenvalue weighted by molar-refractivity contribution is 7.92. The highest BCUT2D eigenvalue weighted by Gasteiger charge is 2.19. The van der Waals surface area contributed by atoms with Gasteiger partial charge in [0.2, 0.25) is 0 Å². The fourth-order valence-electron chi connectivity index (χ4n) is 3.85. The summed E-state index contributed by atoms with van der Waals surface area (Å²) >= 11 is 0. The number of pyridine rings is 1. The molecule has 1 aromatic heterocycles. The van der Waals surface area contributed by atoms with Crippen molar-refractivity contribution in [2.75, 3.05) is 29.3 Å². The van der Waals surface area contributed by atoms with E-state index >= 15 is 0 Å². The number of hydrogen-bond acceptors (Lipinski definition) is 6. The molecular formula is C25H27FN4O4S. The molecule has 0 aliphatic carbocycles. The van der Waals surface area contributed by atoms with Crippen molar-refractivity contribution < 1.29 is 22.7 Å². The van der Waals surface area contributed by atoms with Crippen LogP contribution in [0.4, 0.5) is 15.9 Å². The molecule has 3 N–H and O–H groups in total. The van der Waals surface area contributed by atoms with Gasteiger partial charge in [-0.1, -0.05) is 6.07 Å². The van der Waals surface area contributed by atoms with Gasteiger partial charge in [-0.15, -0.1) is 0 Å². The molecule has 8 nitrogen and oxygen atoms in total. The van der Waals surface area contributed by atoms with Crippen LogP contribution in [0.2, 0.25) is 0 Å². The summed E-state index contributed by atoms with van der Waals surface area (Å²) in [5.74, 6) is 0.438. The van der Waals surface area contributed by atoms with Crippen molar-refractivity contribution in [3.63, 3.8) is 0 Å². The third-order valence-electron chi connectivity index (χ3n) is 5.98. The summed E-state index contributed by atoms with van der Waals surface area (Å²) in [5.41, 5.74) is 1.40. The highest BCUT2D eigenvalue weighted by Crippen LogP contribution is 2.22. The zero-order valence-electron chi connectivity index (χ0n) is 19.0. The molecule has 0 spiro atoms. The Hall–Kier alpha value is -3.50. The minimum atomic E-state index is -3.87. The average Bonchev–Trinajstić information content (AvgIpc) is 2.89. The Kier molecular flexibility index (Phi) is 7.62. The van der Waals surface area contributed by atoms with Crippen LogP contribution in [0.5, 0.6) is 0 Å². The van der Waals surface area contributed by atoms with E-state index in [0.717, 1.165) is 49.4 Å². The van der Waals surface area contributed by atoms with Gasteiger partial charge in [-0.2, -0.15) is 0 Å². The van der Waals surface area contributed by atoms with Crippen LogP contribution < -0.4 is 14.9 Å². The number of nitrogens with zero attached hydrogens (tertiary/aromatic N) is 2. The average molecular weight is 499 g/mol. The number of carbonyl (C=O) groups is 1. The standard InChI is InChI=1S/C25H27FN4O4S/c26-21-4-6-22(7-5-21)29-35(33,34)23-8-2-20(3-9-23)25(32)28-16-19-1-10-24(27-15-19)30-13-11-18(17-31)12-14-30/h1-10,15,18,29,31H,11-14,16-17H2,(H,28,32). The molecule has 0 atom stereocenters. The van der Waals surface area contributed by atoms with Crippen molar-refractivity contribution in [1.29, 1.82) is 0 Å². The van der Waals surface area contributed by atoms with E-state index in [0.29, 0.717) is 11.5 Å². The molecule has 0 saturated carbocycles. The van der Waals surface area contributed by atoms with Crippen LogP contribution in [0.1, 0.15) is 28.8 Å². The first kappa shape index (κ1) is 24.6. The van der Waals surface area contributed by atoms with Crippen LogP contribution >= 0.6 is 0 Å². The van der Waals surface area contributed by atoms with Crippen molar-refractivity contribution in [1.82, 2.24) is 10.3 Å². The first-order valence-corrected chi connectivity index (χ1v) is 12.8. The van der Waals surface area contributed by atoms with Gasteiger partial charge in [0, 0.05) is 43.7 Å². The molecular weight excluding hydrogens is 471 g/mol. The van der Waals surface area contributed by atoms with Crippen molar-refractivity contribution in [3.8, 4) is 0 Å². The van der Waals surface area contributed by atoms with Crippen LogP contribution in [-0.4, -0.2) is 44.1 Å². The first-order chi connectivity index (χ1) is 16.8. The lowest BCUT2D eigenvalue weighted by Crippen LogP contribution is -2.35. The van der Waals surface area contributed by atoms with Crippen LogP contribution in [0.15, 0.2) is 71.8 Å². The van der Waals surface area contributed by atoms with Gasteiger partial charge in [0.05, 0.1) is 4.90 Å². The predicted molar refractivity (Wildman–Crippen MR) is 131 cm³/mol. The molecule has 0 radical (unpaired) electrons. The maximum absolute atomic E-state index is 13.0. The molecule has 10 heteroatoms. The largest absolute Gasteiger partial charge is 0.396 e. The molecule has 2 aromatic carbocycles. The minimum absolute atomic E-state index is 0.0128. The number of amides is 1. The molecule has 0 unspecified atom stereocenters. The van der Waals surface area contributed by atoms with E-state index in [2.05, 4.69) is 19.9 Å². The summed E-state index contributed by atoms with van der Waals surface area (Å²) in [5, 5.41) is 12.1.